The third-order valence-electron chi connectivity index (χ3n) is 4.47. The van der Waals surface area contributed by atoms with E-state index in [9.17, 15) is 14.7 Å². The lowest BCUT2D eigenvalue weighted by molar-refractivity contribution is -0.138. The molecular formula is C19H18O4. The van der Waals surface area contributed by atoms with E-state index >= 15 is 0 Å². The SMILES string of the molecule is COc1ccc(C(=O)C2C(C(=O)O)C2c2ccccc2)cc1C. The van der Waals surface area contributed by atoms with Crippen molar-refractivity contribution in [3.8, 4) is 5.75 Å². The number of hydrogen-bond acceptors (Lipinski definition) is 3. The molecule has 0 radical (unpaired) electrons. The summed E-state index contributed by atoms with van der Waals surface area (Å²) in [7, 11) is 1.58. The summed E-state index contributed by atoms with van der Waals surface area (Å²) in [5.41, 5.74) is 2.31. The number of ketones is 1. The quantitative estimate of drug-likeness (QED) is 0.861. The van der Waals surface area contributed by atoms with Crippen molar-refractivity contribution < 1.29 is 19.4 Å². The van der Waals surface area contributed by atoms with Crippen LogP contribution in [0.3, 0.4) is 0 Å². The van der Waals surface area contributed by atoms with Gasteiger partial charge in [0.1, 0.15) is 5.75 Å². The maximum absolute atomic E-state index is 12.8. The molecule has 1 saturated carbocycles. The van der Waals surface area contributed by atoms with E-state index in [1.807, 2.05) is 37.3 Å². The van der Waals surface area contributed by atoms with Crippen LogP contribution < -0.4 is 4.74 Å². The Hall–Kier alpha value is -2.62. The molecule has 0 heterocycles. The molecule has 23 heavy (non-hydrogen) atoms. The minimum atomic E-state index is -0.914. The third kappa shape index (κ3) is 2.72. The Morgan fingerprint density at radius 3 is 2.30 bits per heavy atom. The zero-order valence-corrected chi connectivity index (χ0v) is 13.0. The maximum Gasteiger partial charge on any atom is 0.307 e. The number of carbonyl (C=O) groups excluding carboxylic acids is 1. The van der Waals surface area contributed by atoms with Crippen LogP contribution in [0.2, 0.25) is 0 Å². The molecule has 0 spiro atoms. The second-order valence-electron chi connectivity index (χ2n) is 5.87. The summed E-state index contributed by atoms with van der Waals surface area (Å²) in [5.74, 6) is -1.70. The molecule has 2 aromatic carbocycles. The van der Waals surface area contributed by atoms with Crippen molar-refractivity contribution in [2.45, 2.75) is 12.8 Å². The van der Waals surface area contributed by atoms with Crippen molar-refractivity contribution in [2.24, 2.45) is 11.8 Å². The molecule has 0 aliphatic heterocycles. The number of rotatable bonds is 5. The highest BCUT2D eigenvalue weighted by atomic mass is 16.5. The molecule has 0 saturated heterocycles. The van der Waals surface area contributed by atoms with Crippen LogP contribution in [0.25, 0.3) is 0 Å². The molecule has 3 rings (SSSR count). The number of ether oxygens (including phenoxy) is 1. The number of methoxy groups -OCH3 is 1. The van der Waals surface area contributed by atoms with Gasteiger partial charge >= 0.3 is 5.97 Å². The Morgan fingerprint density at radius 2 is 1.74 bits per heavy atom. The smallest absolute Gasteiger partial charge is 0.307 e. The van der Waals surface area contributed by atoms with Gasteiger partial charge in [0.15, 0.2) is 5.78 Å². The summed E-state index contributed by atoms with van der Waals surface area (Å²) >= 11 is 0. The van der Waals surface area contributed by atoms with Crippen LogP contribution in [0.4, 0.5) is 0 Å². The number of carboxylic acids is 1. The second kappa shape index (κ2) is 5.88. The van der Waals surface area contributed by atoms with Gasteiger partial charge in [-0.25, -0.2) is 0 Å². The van der Waals surface area contributed by atoms with Crippen molar-refractivity contribution in [3.05, 3.63) is 65.2 Å². The first-order valence-corrected chi connectivity index (χ1v) is 7.51. The molecule has 4 nitrogen and oxygen atoms in total. The Labute approximate surface area is 134 Å². The molecule has 0 bridgehead atoms. The first-order valence-electron chi connectivity index (χ1n) is 7.51. The largest absolute Gasteiger partial charge is 0.496 e. The van der Waals surface area contributed by atoms with E-state index in [1.54, 1.807) is 25.3 Å². The highest BCUT2D eigenvalue weighted by Gasteiger charge is 2.59. The van der Waals surface area contributed by atoms with Crippen molar-refractivity contribution in [3.63, 3.8) is 0 Å². The lowest BCUT2D eigenvalue weighted by Gasteiger charge is -2.07. The van der Waals surface area contributed by atoms with E-state index in [0.717, 1.165) is 11.1 Å². The predicted octanol–water partition coefficient (Wildman–Crippen LogP) is 3.30. The average molecular weight is 310 g/mol. The minimum Gasteiger partial charge on any atom is -0.496 e. The fourth-order valence-corrected chi connectivity index (χ4v) is 3.26. The summed E-state index contributed by atoms with van der Waals surface area (Å²) < 4.78 is 5.20. The number of carboxylic acid groups (broad SMARTS) is 1. The fourth-order valence-electron chi connectivity index (χ4n) is 3.26. The lowest BCUT2D eigenvalue weighted by Crippen LogP contribution is -2.08. The molecule has 3 unspecified atom stereocenters. The molecule has 1 aliphatic carbocycles. The molecule has 1 N–H and O–H groups in total. The van der Waals surface area contributed by atoms with Gasteiger partial charge in [-0.3, -0.25) is 9.59 Å². The Balaban J connectivity index is 1.89. The van der Waals surface area contributed by atoms with Crippen LogP contribution in [0.1, 0.15) is 27.4 Å². The van der Waals surface area contributed by atoms with E-state index in [2.05, 4.69) is 0 Å². The van der Waals surface area contributed by atoms with E-state index in [0.29, 0.717) is 11.3 Å². The number of carbonyl (C=O) groups is 2. The molecular weight excluding hydrogens is 292 g/mol. The van der Waals surface area contributed by atoms with Gasteiger partial charge in [-0.15, -0.1) is 0 Å². The minimum absolute atomic E-state index is 0.114. The van der Waals surface area contributed by atoms with Gasteiger partial charge in [-0.1, -0.05) is 30.3 Å². The Morgan fingerprint density at radius 1 is 1.04 bits per heavy atom. The molecule has 118 valence electrons. The van der Waals surface area contributed by atoms with E-state index in [4.69, 9.17) is 4.74 Å². The van der Waals surface area contributed by atoms with Crippen LogP contribution in [0.15, 0.2) is 48.5 Å². The second-order valence-corrected chi connectivity index (χ2v) is 5.87. The van der Waals surface area contributed by atoms with E-state index in [1.165, 1.54) is 0 Å². The van der Waals surface area contributed by atoms with Crippen LogP contribution >= 0.6 is 0 Å². The summed E-state index contributed by atoms with van der Waals surface area (Å²) in [6.07, 6.45) is 0. The van der Waals surface area contributed by atoms with Gasteiger partial charge in [0.05, 0.1) is 13.0 Å². The zero-order valence-electron chi connectivity index (χ0n) is 13.0. The predicted molar refractivity (Wildman–Crippen MR) is 85.9 cm³/mol. The third-order valence-corrected chi connectivity index (χ3v) is 4.47. The molecule has 3 atom stereocenters. The lowest BCUT2D eigenvalue weighted by atomic mass is 10.0. The van der Waals surface area contributed by atoms with Gasteiger partial charge in [-0.2, -0.15) is 0 Å². The Kier molecular flexibility index (Phi) is 3.90. The molecule has 0 amide bonds. The monoisotopic (exact) mass is 310 g/mol. The van der Waals surface area contributed by atoms with Gasteiger partial charge in [0.25, 0.3) is 0 Å². The molecule has 1 fully saturated rings. The van der Waals surface area contributed by atoms with Gasteiger partial charge in [-0.05, 0) is 36.2 Å². The van der Waals surface area contributed by atoms with Gasteiger partial charge in [0.2, 0.25) is 0 Å². The zero-order chi connectivity index (χ0) is 16.6. The summed E-state index contributed by atoms with van der Waals surface area (Å²) in [5, 5.41) is 9.42. The standard InChI is InChI=1S/C19H18O4/c1-11-10-13(8-9-14(11)23-2)18(20)16-15(17(16)19(21)22)12-6-4-3-5-7-12/h3-10,15-17H,1-2H3,(H,21,22). The topological polar surface area (TPSA) is 63.6 Å². The van der Waals surface area contributed by atoms with Crippen LogP contribution in [-0.2, 0) is 4.79 Å². The fraction of sp³-hybridized carbons (Fsp3) is 0.263. The van der Waals surface area contributed by atoms with Crippen LogP contribution in [0.5, 0.6) is 5.75 Å². The van der Waals surface area contributed by atoms with Crippen molar-refractivity contribution in [1.29, 1.82) is 0 Å². The Bertz CT molecular complexity index is 751. The summed E-state index contributed by atoms with van der Waals surface area (Å²) in [6, 6.07) is 14.6. The first-order chi connectivity index (χ1) is 11.0. The van der Waals surface area contributed by atoms with E-state index < -0.39 is 17.8 Å². The molecule has 2 aromatic rings. The van der Waals surface area contributed by atoms with Gasteiger partial charge in [0, 0.05) is 17.4 Å². The van der Waals surface area contributed by atoms with Crippen LogP contribution in [-0.4, -0.2) is 24.0 Å². The molecule has 4 heteroatoms. The van der Waals surface area contributed by atoms with Crippen molar-refractivity contribution in [2.75, 3.05) is 7.11 Å². The first kappa shape index (κ1) is 15.3. The van der Waals surface area contributed by atoms with Gasteiger partial charge < -0.3 is 9.84 Å². The molecule has 0 aromatic heterocycles. The highest BCUT2D eigenvalue weighted by Crippen LogP contribution is 2.55. The van der Waals surface area contributed by atoms with E-state index in [-0.39, 0.29) is 11.7 Å². The number of aryl methyl sites for hydroxylation is 1. The van der Waals surface area contributed by atoms with Crippen LogP contribution in [0, 0.1) is 18.8 Å². The normalized spacial score (nSPS) is 22.4. The highest BCUT2D eigenvalue weighted by molar-refractivity contribution is 6.04. The summed E-state index contributed by atoms with van der Waals surface area (Å²) in [6.45, 7) is 1.87. The number of aliphatic carboxylic acids is 1. The summed E-state index contributed by atoms with van der Waals surface area (Å²) in [4.78, 5) is 24.2. The van der Waals surface area contributed by atoms with Crippen molar-refractivity contribution >= 4 is 11.8 Å². The number of hydrogen-bond donors (Lipinski definition) is 1. The number of Topliss-reactive ketones (excluding diaryl/α,β-unsaturated/α-hetero) is 1. The van der Waals surface area contributed by atoms with Crippen molar-refractivity contribution in [1.82, 2.24) is 0 Å². The molecule has 1 aliphatic rings. The average Bonchev–Trinajstić information content (AvgIpc) is 3.30. The maximum atomic E-state index is 12.8. The number of benzene rings is 2.